The van der Waals surface area contributed by atoms with Crippen molar-refractivity contribution in [1.82, 2.24) is 9.55 Å². The van der Waals surface area contributed by atoms with Crippen molar-refractivity contribution in [3.8, 4) is 5.69 Å². The summed E-state index contributed by atoms with van der Waals surface area (Å²) in [6.45, 7) is 5.77. The topological polar surface area (TPSA) is 81.1 Å². The molecule has 0 aromatic heterocycles. The first kappa shape index (κ1) is 22.4. The van der Waals surface area contributed by atoms with Gasteiger partial charge in [0, 0.05) is 15.8 Å². The van der Waals surface area contributed by atoms with Crippen molar-refractivity contribution in [3.63, 3.8) is 0 Å². The number of hydrogen-bond donors (Lipinski definition) is 1. The Morgan fingerprint density at radius 2 is 1.71 bits per heavy atom. The zero-order valence-electron chi connectivity index (χ0n) is 18.0. The second-order valence-corrected chi connectivity index (χ2v) is 12.6. The van der Waals surface area contributed by atoms with Crippen LogP contribution in [0.1, 0.15) is 54.7 Å². The lowest BCUT2D eigenvalue weighted by molar-refractivity contribution is 0.601. The average molecular weight is 478 g/mol. The van der Waals surface area contributed by atoms with Crippen molar-refractivity contribution in [2.45, 2.75) is 73.7 Å². The van der Waals surface area contributed by atoms with E-state index < -0.39 is 15.7 Å². The van der Waals surface area contributed by atoms with Crippen LogP contribution in [0.2, 0.25) is 0 Å². The largest absolute Gasteiger partial charge is 0.354 e. The normalized spacial score (nSPS) is 15.8. The Bertz CT molecular complexity index is 1210. The zero-order chi connectivity index (χ0) is 22.2. The lowest BCUT2D eigenvalue weighted by Gasteiger charge is -2.19. The smallest absolute Gasteiger partial charge is 0.261 e. The Labute approximate surface area is 191 Å². The third-order valence-corrected chi connectivity index (χ3v) is 9.85. The summed E-state index contributed by atoms with van der Waals surface area (Å²) >= 11 is 3.38. The number of sulfonamides is 1. The molecule has 1 N–H and O–H groups in total. The molecule has 0 unspecified atom stereocenters. The number of nitrogens with one attached hydrogen (secondary N) is 1. The van der Waals surface area contributed by atoms with Crippen LogP contribution in [0.25, 0.3) is 5.69 Å². The number of nitrogens with zero attached hydrogens (tertiary/aromatic N) is 2. The molecular formula is C22H27N3O3S3. The molecule has 0 bridgehead atoms. The van der Waals surface area contributed by atoms with E-state index in [-0.39, 0.29) is 10.7 Å². The summed E-state index contributed by atoms with van der Waals surface area (Å²) in [5, 5.41) is 0.469. The summed E-state index contributed by atoms with van der Waals surface area (Å²) in [5.41, 5.74) is 1.89. The summed E-state index contributed by atoms with van der Waals surface area (Å²) in [6.07, 6.45) is 7.23. The Morgan fingerprint density at radius 1 is 1.06 bits per heavy atom. The van der Waals surface area contributed by atoms with Crippen LogP contribution in [0.5, 0.6) is 0 Å². The van der Waals surface area contributed by atoms with Gasteiger partial charge in [0.1, 0.15) is 5.69 Å². The molecule has 1 aromatic rings. The van der Waals surface area contributed by atoms with Gasteiger partial charge in [-0.1, -0.05) is 43.4 Å². The van der Waals surface area contributed by atoms with Gasteiger partial charge in [-0.3, -0.25) is 9.29 Å². The zero-order valence-corrected chi connectivity index (χ0v) is 20.4. The minimum absolute atomic E-state index is 0.112. The molecule has 31 heavy (non-hydrogen) atoms. The van der Waals surface area contributed by atoms with Gasteiger partial charge in [0.05, 0.1) is 9.10 Å². The molecule has 1 saturated carbocycles. The summed E-state index contributed by atoms with van der Waals surface area (Å²) in [4.78, 5) is 18.0. The monoisotopic (exact) mass is 477 g/mol. The van der Waals surface area contributed by atoms with Gasteiger partial charge < -0.3 is 0 Å². The van der Waals surface area contributed by atoms with Crippen LogP contribution in [0.4, 0.5) is 5.82 Å². The van der Waals surface area contributed by atoms with Crippen molar-refractivity contribution in [1.29, 1.82) is 0 Å². The highest BCUT2D eigenvalue weighted by molar-refractivity contribution is 8.01. The van der Waals surface area contributed by atoms with Crippen molar-refractivity contribution in [3.05, 3.63) is 50.9 Å². The number of anilines is 1. The van der Waals surface area contributed by atoms with E-state index in [1.807, 2.05) is 20.8 Å². The summed E-state index contributed by atoms with van der Waals surface area (Å²) in [7, 11) is -3.86. The third kappa shape index (κ3) is 4.68. The summed E-state index contributed by atoms with van der Waals surface area (Å²) in [6, 6.07) is 6.63. The molecule has 2 aliphatic heterocycles. The van der Waals surface area contributed by atoms with Crippen molar-refractivity contribution in [2.24, 2.45) is 0 Å². The number of benzene rings is 1. The van der Waals surface area contributed by atoms with Gasteiger partial charge in [-0.2, -0.15) is 4.98 Å². The molecule has 4 rings (SSSR count). The lowest BCUT2D eigenvalue weighted by Crippen LogP contribution is -2.18. The Hall–Kier alpha value is -1.84. The van der Waals surface area contributed by atoms with Crippen LogP contribution in [0.3, 0.4) is 0 Å². The first-order chi connectivity index (χ1) is 14.8. The van der Waals surface area contributed by atoms with E-state index in [0.717, 1.165) is 33.2 Å². The number of imidazole rings is 1. The molecule has 1 fully saturated rings. The Balaban J connectivity index is 1.77. The standard InChI is InChI=1S/C22H27N3O3S3/c1-14-10-12-18(13-11-14)31(27,28)24-20-19-21(30-17-8-6-4-5-7-9-17)29-16(3)15(2)25(19)22(26)23-20/h10-13,17H,4-9H2,1-3H3,(H,23,24,26). The second kappa shape index (κ2) is 8.96. The van der Waals surface area contributed by atoms with Crippen LogP contribution < -0.4 is 10.4 Å². The molecule has 0 spiro atoms. The Kier molecular flexibility index (Phi) is 6.46. The van der Waals surface area contributed by atoms with E-state index in [4.69, 9.17) is 0 Å². The minimum Gasteiger partial charge on any atom is -0.261 e. The number of fused-ring (bicyclic) bond motifs is 1. The number of aryl methyl sites for hydroxylation is 2. The maximum atomic E-state index is 13.0. The molecular weight excluding hydrogens is 450 g/mol. The molecule has 0 amide bonds. The van der Waals surface area contributed by atoms with Crippen LogP contribution in [0.15, 0.2) is 38.2 Å². The molecule has 166 valence electrons. The molecule has 0 atom stereocenters. The molecule has 1 aliphatic carbocycles. The number of rotatable bonds is 5. The van der Waals surface area contributed by atoms with Gasteiger partial charge in [-0.05, 0) is 45.7 Å². The fourth-order valence-corrected chi connectivity index (χ4v) is 7.84. The average Bonchev–Trinajstić information content (AvgIpc) is 2.88. The fourth-order valence-electron chi connectivity index (χ4n) is 3.88. The van der Waals surface area contributed by atoms with E-state index in [9.17, 15) is 13.2 Å². The number of thioether (sulfide) groups is 1. The highest BCUT2D eigenvalue weighted by atomic mass is 32.2. The predicted molar refractivity (Wildman–Crippen MR) is 128 cm³/mol. The molecule has 3 aliphatic rings. The van der Waals surface area contributed by atoms with Crippen molar-refractivity contribution < 1.29 is 8.42 Å². The highest BCUT2D eigenvalue weighted by Crippen LogP contribution is 2.42. The third-order valence-electron chi connectivity index (χ3n) is 5.77. The Morgan fingerprint density at radius 3 is 2.35 bits per heavy atom. The van der Waals surface area contributed by atoms with Gasteiger partial charge in [0.25, 0.3) is 10.0 Å². The van der Waals surface area contributed by atoms with Gasteiger partial charge in [-0.15, -0.1) is 23.1 Å². The highest BCUT2D eigenvalue weighted by Gasteiger charge is 2.28. The van der Waals surface area contributed by atoms with Crippen LogP contribution in [0, 0.1) is 20.8 Å². The summed E-state index contributed by atoms with van der Waals surface area (Å²) < 4.78 is 31.1. The quantitative estimate of drug-likeness (QED) is 0.506. The minimum atomic E-state index is -3.86. The van der Waals surface area contributed by atoms with Crippen LogP contribution in [-0.2, 0) is 10.0 Å². The molecule has 2 heterocycles. The number of hydrogen-bond acceptors (Lipinski definition) is 6. The maximum Gasteiger partial charge on any atom is 0.354 e. The first-order valence-electron chi connectivity index (χ1n) is 10.5. The van der Waals surface area contributed by atoms with E-state index >= 15 is 0 Å². The van der Waals surface area contributed by atoms with Gasteiger partial charge in [0.15, 0.2) is 5.82 Å². The van der Waals surface area contributed by atoms with E-state index in [0.29, 0.717) is 10.9 Å². The van der Waals surface area contributed by atoms with E-state index in [2.05, 4.69) is 9.71 Å². The molecule has 0 radical (unpaired) electrons. The molecule has 0 saturated heterocycles. The maximum absolute atomic E-state index is 13.0. The SMILES string of the molecule is Cc1ccc(S(=O)(=O)Nc2nc(=O)n3c(C)c(C)sc(SC4CCCCCC4)c2-3)cc1. The van der Waals surface area contributed by atoms with Crippen molar-refractivity contribution in [2.75, 3.05) is 4.72 Å². The van der Waals surface area contributed by atoms with Crippen LogP contribution >= 0.6 is 23.1 Å². The lowest BCUT2D eigenvalue weighted by atomic mass is 10.2. The first-order valence-corrected chi connectivity index (χ1v) is 13.7. The van der Waals surface area contributed by atoms with Gasteiger partial charge in [-0.25, -0.2) is 13.2 Å². The fraction of sp³-hybridized carbons (Fsp3) is 0.455. The van der Waals surface area contributed by atoms with E-state index in [1.165, 1.54) is 25.7 Å². The summed E-state index contributed by atoms with van der Waals surface area (Å²) in [5.74, 6) is 0.112. The molecule has 6 nitrogen and oxygen atoms in total. The molecule has 9 heteroatoms. The van der Waals surface area contributed by atoms with E-state index in [1.54, 1.807) is 51.9 Å². The molecule has 1 aromatic carbocycles. The second-order valence-electron chi connectivity index (χ2n) is 8.11. The van der Waals surface area contributed by atoms with Crippen molar-refractivity contribution >= 4 is 38.9 Å². The van der Waals surface area contributed by atoms with Crippen LogP contribution in [-0.4, -0.2) is 23.2 Å². The predicted octanol–water partition coefficient (Wildman–Crippen LogP) is 5.27. The van der Waals surface area contributed by atoms with Gasteiger partial charge in [0.2, 0.25) is 0 Å². The van der Waals surface area contributed by atoms with Gasteiger partial charge >= 0.3 is 5.69 Å². The number of aromatic nitrogens is 2.